The number of aromatic nitrogens is 2. The predicted octanol–water partition coefficient (Wildman–Crippen LogP) is 3.05. The van der Waals surface area contributed by atoms with Crippen LogP contribution in [0.4, 0.5) is 0 Å². The van der Waals surface area contributed by atoms with Crippen LogP contribution in [0.15, 0.2) is 36.8 Å². The third kappa shape index (κ3) is 2.68. The summed E-state index contributed by atoms with van der Waals surface area (Å²) in [5.74, 6) is 0. The summed E-state index contributed by atoms with van der Waals surface area (Å²) in [6, 6.07) is 6.59. The molecule has 0 spiro atoms. The molecule has 0 amide bonds. The molecule has 1 aromatic heterocycles. The van der Waals surface area contributed by atoms with Gasteiger partial charge in [0.25, 0.3) is 0 Å². The molecule has 3 rings (SSSR count). The molecule has 92 valence electrons. The molecule has 0 atom stereocenters. The maximum Gasteiger partial charge on any atom is 0.0888 e. The van der Waals surface area contributed by atoms with Gasteiger partial charge in [-0.25, -0.2) is 0 Å². The third-order valence-electron chi connectivity index (χ3n) is 3.06. The lowest BCUT2D eigenvalue weighted by Gasteiger charge is -2.10. The van der Waals surface area contributed by atoms with Crippen molar-refractivity contribution >= 4 is 11.6 Å². The maximum absolute atomic E-state index is 6.07. The molecule has 3 nitrogen and oxygen atoms in total. The zero-order chi connectivity index (χ0) is 12.4. The highest BCUT2D eigenvalue weighted by molar-refractivity contribution is 6.30. The molecule has 1 saturated carbocycles. The fourth-order valence-corrected chi connectivity index (χ4v) is 2.13. The lowest BCUT2D eigenvalue weighted by atomic mass is 10.0. The molecule has 0 radical (unpaired) electrons. The summed E-state index contributed by atoms with van der Waals surface area (Å²) >= 11 is 6.07. The van der Waals surface area contributed by atoms with Crippen LogP contribution < -0.4 is 5.32 Å². The van der Waals surface area contributed by atoms with Crippen LogP contribution in [-0.2, 0) is 6.54 Å². The minimum atomic E-state index is 0.679. The van der Waals surface area contributed by atoms with Gasteiger partial charge in [-0.3, -0.25) is 9.97 Å². The Morgan fingerprint density at radius 1 is 1.28 bits per heavy atom. The molecule has 4 heteroatoms. The first-order valence-corrected chi connectivity index (χ1v) is 6.49. The molecule has 1 aromatic carbocycles. The molecule has 18 heavy (non-hydrogen) atoms. The minimum absolute atomic E-state index is 0.679. The van der Waals surface area contributed by atoms with Gasteiger partial charge in [-0.15, -0.1) is 0 Å². The van der Waals surface area contributed by atoms with Crippen LogP contribution in [0, 0.1) is 0 Å². The first kappa shape index (κ1) is 11.6. The van der Waals surface area contributed by atoms with Crippen LogP contribution in [0.5, 0.6) is 0 Å². The molecule has 0 bridgehead atoms. The molecular formula is C14H14ClN3. The second-order valence-corrected chi connectivity index (χ2v) is 4.98. The quantitative estimate of drug-likeness (QED) is 0.917. The van der Waals surface area contributed by atoms with Crippen LogP contribution in [0.25, 0.3) is 11.3 Å². The summed E-state index contributed by atoms with van der Waals surface area (Å²) in [6.07, 6.45) is 7.73. The highest BCUT2D eigenvalue weighted by atomic mass is 35.5. The number of hydrogen-bond acceptors (Lipinski definition) is 3. The van der Waals surface area contributed by atoms with Crippen molar-refractivity contribution in [3.63, 3.8) is 0 Å². The van der Waals surface area contributed by atoms with Crippen LogP contribution >= 0.6 is 11.6 Å². The summed E-state index contributed by atoms with van der Waals surface area (Å²) in [5.41, 5.74) is 3.16. The SMILES string of the molecule is Clc1ccc(-c2cnccn2)c(CNC2CC2)c1. The lowest BCUT2D eigenvalue weighted by Crippen LogP contribution is -2.16. The summed E-state index contributed by atoms with van der Waals surface area (Å²) in [7, 11) is 0. The average molecular weight is 260 g/mol. The Labute approximate surface area is 111 Å². The Bertz CT molecular complexity index is 538. The second-order valence-electron chi connectivity index (χ2n) is 4.55. The van der Waals surface area contributed by atoms with Gasteiger partial charge >= 0.3 is 0 Å². The predicted molar refractivity (Wildman–Crippen MR) is 72.3 cm³/mol. The van der Waals surface area contributed by atoms with Crippen molar-refractivity contribution in [2.24, 2.45) is 0 Å². The molecule has 0 saturated heterocycles. The summed E-state index contributed by atoms with van der Waals surface area (Å²) in [4.78, 5) is 8.46. The number of benzene rings is 1. The number of rotatable bonds is 4. The van der Waals surface area contributed by atoms with E-state index in [2.05, 4.69) is 15.3 Å². The largest absolute Gasteiger partial charge is 0.310 e. The van der Waals surface area contributed by atoms with E-state index in [0.29, 0.717) is 6.04 Å². The molecule has 1 heterocycles. The molecule has 1 fully saturated rings. The van der Waals surface area contributed by atoms with Gasteiger partial charge in [-0.05, 0) is 30.5 Å². The van der Waals surface area contributed by atoms with Crippen LogP contribution in [0.3, 0.4) is 0 Å². The number of nitrogens with zero attached hydrogens (tertiary/aromatic N) is 2. The zero-order valence-electron chi connectivity index (χ0n) is 9.94. The number of hydrogen-bond donors (Lipinski definition) is 1. The molecule has 2 aromatic rings. The first-order chi connectivity index (χ1) is 8.83. The lowest BCUT2D eigenvalue weighted by molar-refractivity contribution is 0.688. The molecule has 1 N–H and O–H groups in total. The Morgan fingerprint density at radius 2 is 2.17 bits per heavy atom. The zero-order valence-corrected chi connectivity index (χ0v) is 10.7. The highest BCUT2D eigenvalue weighted by Crippen LogP contribution is 2.26. The van der Waals surface area contributed by atoms with E-state index in [4.69, 9.17) is 11.6 Å². The normalized spacial score (nSPS) is 14.7. The maximum atomic E-state index is 6.07. The monoisotopic (exact) mass is 259 g/mol. The smallest absolute Gasteiger partial charge is 0.0888 e. The number of nitrogens with one attached hydrogen (secondary N) is 1. The Morgan fingerprint density at radius 3 is 2.89 bits per heavy atom. The molecule has 1 aliphatic rings. The van der Waals surface area contributed by atoms with Gasteiger partial charge < -0.3 is 5.32 Å². The van der Waals surface area contributed by atoms with Gasteiger partial charge in [-0.2, -0.15) is 0 Å². The van der Waals surface area contributed by atoms with Crippen molar-refractivity contribution in [1.29, 1.82) is 0 Å². The van der Waals surface area contributed by atoms with Crippen molar-refractivity contribution in [1.82, 2.24) is 15.3 Å². The van der Waals surface area contributed by atoms with Gasteiger partial charge in [0.2, 0.25) is 0 Å². The van der Waals surface area contributed by atoms with Gasteiger partial charge in [0, 0.05) is 35.6 Å². The Kier molecular flexibility index (Phi) is 3.26. The van der Waals surface area contributed by atoms with E-state index in [1.165, 1.54) is 18.4 Å². The van der Waals surface area contributed by atoms with Gasteiger partial charge in [0.15, 0.2) is 0 Å². The van der Waals surface area contributed by atoms with E-state index in [0.717, 1.165) is 22.8 Å². The second kappa shape index (κ2) is 5.04. The molecular weight excluding hydrogens is 246 g/mol. The average Bonchev–Trinajstić information content (AvgIpc) is 3.21. The van der Waals surface area contributed by atoms with Crippen LogP contribution in [0.2, 0.25) is 5.02 Å². The number of halogens is 1. The fourth-order valence-electron chi connectivity index (χ4n) is 1.94. The van der Waals surface area contributed by atoms with Gasteiger partial charge in [0.05, 0.1) is 11.9 Å². The van der Waals surface area contributed by atoms with Crippen molar-refractivity contribution in [3.05, 3.63) is 47.4 Å². The molecule has 0 unspecified atom stereocenters. The van der Waals surface area contributed by atoms with Crippen molar-refractivity contribution in [2.75, 3.05) is 0 Å². The van der Waals surface area contributed by atoms with E-state index < -0.39 is 0 Å². The van der Waals surface area contributed by atoms with E-state index in [9.17, 15) is 0 Å². The van der Waals surface area contributed by atoms with Crippen molar-refractivity contribution in [3.8, 4) is 11.3 Å². The summed E-state index contributed by atoms with van der Waals surface area (Å²) in [5, 5.41) is 4.26. The van der Waals surface area contributed by atoms with E-state index in [-0.39, 0.29) is 0 Å². The van der Waals surface area contributed by atoms with E-state index in [1.807, 2.05) is 18.2 Å². The molecule has 1 aliphatic carbocycles. The van der Waals surface area contributed by atoms with Gasteiger partial charge in [-0.1, -0.05) is 17.7 Å². The van der Waals surface area contributed by atoms with E-state index >= 15 is 0 Å². The van der Waals surface area contributed by atoms with Crippen LogP contribution in [-0.4, -0.2) is 16.0 Å². The van der Waals surface area contributed by atoms with Crippen molar-refractivity contribution in [2.45, 2.75) is 25.4 Å². The fraction of sp³-hybridized carbons (Fsp3) is 0.286. The molecule has 0 aliphatic heterocycles. The standard InChI is InChI=1S/C14H14ClN3/c15-11-1-4-13(14-9-16-5-6-17-14)10(7-11)8-18-12-2-3-12/h1,4-7,9,12,18H,2-3,8H2. The van der Waals surface area contributed by atoms with Crippen molar-refractivity contribution < 1.29 is 0 Å². The summed E-state index contributed by atoms with van der Waals surface area (Å²) in [6.45, 7) is 0.830. The van der Waals surface area contributed by atoms with Gasteiger partial charge in [0.1, 0.15) is 0 Å². The Balaban J connectivity index is 1.91. The van der Waals surface area contributed by atoms with E-state index in [1.54, 1.807) is 18.6 Å². The highest BCUT2D eigenvalue weighted by Gasteiger charge is 2.20. The van der Waals surface area contributed by atoms with Crippen LogP contribution in [0.1, 0.15) is 18.4 Å². The summed E-state index contributed by atoms with van der Waals surface area (Å²) < 4.78 is 0. The topological polar surface area (TPSA) is 37.8 Å². The Hall–Kier alpha value is -1.45. The minimum Gasteiger partial charge on any atom is -0.310 e. The third-order valence-corrected chi connectivity index (χ3v) is 3.30. The first-order valence-electron chi connectivity index (χ1n) is 6.11.